The predicted molar refractivity (Wildman–Crippen MR) is 273 cm³/mol. The standard InChI is InChI=1S/C58H56BN2P/c1-40-36-42(3)56(43(4)37-40)59(58-60(7)34-35-61(58)8,57-44(5)38-41(2)39-45(57)6)49-30-26-46(27-31-49)53-24-16-18-48-19-17-25-54(55(48)53)47-28-32-52(33-29-47)62(9,50-20-12-10-13-21-50)51-22-14-11-15-23-51/h10-39H,9H2,1-8H3. The van der Waals surface area contributed by atoms with Crippen LogP contribution in [-0.2, 0) is 14.1 Å². The second-order valence-electron chi connectivity index (χ2n) is 17.7. The first kappa shape index (κ1) is 41.0. The van der Waals surface area contributed by atoms with Crippen molar-refractivity contribution in [3.8, 4) is 22.3 Å². The minimum Gasteiger partial charge on any atom is -0.272 e. The first-order valence-electron chi connectivity index (χ1n) is 21.8. The molecule has 306 valence electrons. The maximum absolute atomic E-state index is 5.01. The Kier molecular flexibility index (Phi) is 10.7. The van der Waals surface area contributed by atoms with Gasteiger partial charge in [0, 0.05) is 0 Å². The maximum Gasteiger partial charge on any atom is 0.202 e. The molecule has 0 amide bonds. The zero-order valence-electron chi connectivity index (χ0n) is 37.4. The number of imidazole rings is 1. The van der Waals surface area contributed by atoms with E-state index in [2.05, 4.69) is 247 Å². The van der Waals surface area contributed by atoms with Gasteiger partial charge in [0.1, 0.15) is 12.4 Å². The zero-order chi connectivity index (χ0) is 43.3. The number of rotatable bonds is 9. The van der Waals surface area contributed by atoms with Crippen LogP contribution < -0.4 is 42.6 Å². The van der Waals surface area contributed by atoms with Crippen LogP contribution in [0, 0.1) is 41.5 Å². The molecular weight excluding hydrogens is 766 g/mol. The smallest absolute Gasteiger partial charge is 0.202 e. The largest absolute Gasteiger partial charge is 0.272 e. The summed E-state index contributed by atoms with van der Waals surface area (Å²) in [6, 6.07) is 63.5. The van der Waals surface area contributed by atoms with E-state index in [1.807, 2.05) is 0 Å². The molecule has 9 aromatic rings. The van der Waals surface area contributed by atoms with Crippen LogP contribution in [0.3, 0.4) is 0 Å². The molecule has 0 bridgehead atoms. The van der Waals surface area contributed by atoms with Gasteiger partial charge >= 0.3 is 0 Å². The van der Waals surface area contributed by atoms with Crippen molar-refractivity contribution in [2.75, 3.05) is 0 Å². The summed E-state index contributed by atoms with van der Waals surface area (Å²) in [5.74, 6) is 0. The Morgan fingerprint density at radius 2 is 0.919 bits per heavy atom. The summed E-state index contributed by atoms with van der Waals surface area (Å²) in [4.78, 5) is 0. The van der Waals surface area contributed by atoms with Gasteiger partial charge in [-0.15, -0.1) is 0 Å². The summed E-state index contributed by atoms with van der Waals surface area (Å²) < 4.78 is 4.71. The molecule has 0 unspecified atom stereocenters. The van der Waals surface area contributed by atoms with Crippen LogP contribution in [0.5, 0.6) is 0 Å². The van der Waals surface area contributed by atoms with Crippen molar-refractivity contribution in [1.82, 2.24) is 4.57 Å². The SMILES string of the molecule is C=P(c1ccccc1)(c1ccccc1)c1ccc(-c2cccc3cccc(-c4ccc([B-](c5c(C)cc(C)cc5C)(c5c(C)cc(C)cc5C)c5n(C)cc[n+]5C)cc4)c23)cc1. The van der Waals surface area contributed by atoms with Crippen molar-refractivity contribution >= 4 is 68.1 Å². The average Bonchev–Trinajstić information content (AvgIpc) is 3.62. The number of nitrogens with zero attached hydrogens (tertiary/aromatic N) is 2. The molecule has 1 aromatic heterocycles. The summed E-state index contributed by atoms with van der Waals surface area (Å²) in [6.45, 7) is 11.6. The van der Waals surface area contributed by atoms with Gasteiger partial charge in [-0.2, -0.15) is 16.4 Å². The van der Waals surface area contributed by atoms with Crippen LogP contribution in [0.2, 0.25) is 0 Å². The highest BCUT2D eigenvalue weighted by molar-refractivity contribution is 7.93. The summed E-state index contributed by atoms with van der Waals surface area (Å²) >= 11 is 0. The number of hydrogen-bond donors (Lipinski definition) is 0. The summed E-state index contributed by atoms with van der Waals surface area (Å²) in [5, 5.41) is 6.32. The predicted octanol–water partition coefficient (Wildman–Crippen LogP) is 9.29. The van der Waals surface area contributed by atoms with E-state index in [4.69, 9.17) is 6.30 Å². The molecule has 4 heteroatoms. The summed E-state index contributed by atoms with van der Waals surface area (Å²) in [6.07, 6.45) is 7.78. The highest BCUT2D eigenvalue weighted by atomic mass is 31.2. The molecule has 0 aliphatic carbocycles. The third-order valence-electron chi connectivity index (χ3n) is 13.6. The lowest BCUT2D eigenvalue weighted by molar-refractivity contribution is -0.653. The lowest BCUT2D eigenvalue weighted by atomic mass is 9.13. The van der Waals surface area contributed by atoms with Crippen LogP contribution >= 0.6 is 6.89 Å². The molecule has 9 rings (SSSR count). The van der Waals surface area contributed by atoms with Gasteiger partial charge in [-0.25, -0.2) is 0 Å². The van der Waals surface area contributed by atoms with Crippen molar-refractivity contribution < 1.29 is 4.57 Å². The Morgan fingerprint density at radius 3 is 1.34 bits per heavy atom. The fraction of sp³-hybridized carbons (Fsp3) is 0.138. The zero-order valence-corrected chi connectivity index (χ0v) is 38.3. The van der Waals surface area contributed by atoms with Gasteiger partial charge in [-0.1, -0.05) is 210 Å². The lowest BCUT2D eigenvalue weighted by Gasteiger charge is -2.44. The van der Waals surface area contributed by atoms with E-state index >= 15 is 0 Å². The van der Waals surface area contributed by atoms with Gasteiger partial charge < -0.3 is 0 Å². The number of benzene rings is 8. The average molecular weight is 823 g/mol. The van der Waals surface area contributed by atoms with E-state index in [1.165, 1.54) is 104 Å². The number of aromatic nitrogens is 2. The highest BCUT2D eigenvalue weighted by Gasteiger charge is 2.44. The van der Waals surface area contributed by atoms with E-state index in [0.29, 0.717) is 0 Å². The van der Waals surface area contributed by atoms with Gasteiger partial charge in [0.15, 0.2) is 0 Å². The normalized spacial score (nSPS) is 11.9. The topological polar surface area (TPSA) is 8.81 Å². The molecule has 2 nitrogen and oxygen atoms in total. The Hall–Kier alpha value is -6.41. The van der Waals surface area contributed by atoms with Gasteiger partial charge in [-0.05, 0) is 97.4 Å². The Morgan fingerprint density at radius 1 is 0.500 bits per heavy atom. The van der Waals surface area contributed by atoms with Gasteiger partial charge in [-0.3, -0.25) is 9.13 Å². The number of fused-ring (bicyclic) bond motifs is 1. The van der Waals surface area contributed by atoms with E-state index in [1.54, 1.807) is 0 Å². The molecule has 8 aromatic carbocycles. The molecule has 62 heavy (non-hydrogen) atoms. The minimum absolute atomic E-state index is 1.20. The van der Waals surface area contributed by atoms with E-state index in [-0.39, 0.29) is 0 Å². The maximum atomic E-state index is 5.01. The fourth-order valence-electron chi connectivity index (χ4n) is 11.3. The summed E-state index contributed by atoms with van der Waals surface area (Å²) in [7, 11) is 4.42. The monoisotopic (exact) mass is 822 g/mol. The minimum atomic E-state index is -2.10. The van der Waals surface area contributed by atoms with Crippen molar-refractivity contribution in [1.29, 1.82) is 0 Å². The molecule has 0 spiro atoms. The van der Waals surface area contributed by atoms with Crippen LogP contribution in [0.15, 0.2) is 182 Å². The Bertz CT molecular complexity index is 2990. The van der Waals surface area contributed by atoms with Crippen LogP contribution in [0.25, 0.3) is 33.0 Å². The molecule has 0 aliphatic rings. The van der Waals surface area contributed by atoms with Crippen LogP contribution in [0.1, 0.15) is 33.4 Å². The van der Waals surface area contributed by atoms with Crippen molar-refractivity contribution in [3.05, 3.63) is 216 Å². The molecule has 1 heterocycles. The third-order valence-corrected chi connectivity index (χ3v) is 17.1. The second-order valence-corrected chi connectivity index (χ2v) is 20.9. The Labute approximate surface area is 369 Å². The van der Waals surface area contributed by atoms with Crippen LogP contribution in [-0.4, -0.2) is 17.0 Å². The molecule has 0 radical (unpaired) electrons. The van der Waals surface area contributed by atoms with Gasteiger partial charge in [0.2, 0.25) is 6.15 Å². The molecule has 0 saturated carbocycles. The Balaban J connectivity index is 1.23. The molecule has 0 atom stereocenters. The van der Waals surface area contributed by atoms with E-state index in [9.17, 15) is 0 Å². The van der Waals surface area contributed by atoms with Gasteiger partial charge in [0.05, 0.1) is 19.8 Å². The van der Waals surface area contributed by atoms with Crippen molar-refractivity contribution in [3.63, 3.8) is 0 Å². The second kappa shape index (κ2) is 16.1. The fourth-order valence-corrected chi connectivity index (χ4v) is 14.2. The van der Waals surface area contributed by atoms with Crippen molar-refractivity contribution in [2.45, 2.75) is 41.5 Å². The molecular formula is C58H56BN2P. The molecule has 0 fully saturated rings. The highest BCUT2D eigenvalue weighted by Crippen LogP contribution is 2.43. The summed E-state index contributed by atoms with van der Waals surface area (Å²) in [5.41, 5.74) is 18.1. The number of aryl methyl sites for hydroxylation is 8. The van der Waals surface area contributed by atoms with E-state index < -0.39 is 13.0 Å². The molecule has 0 N–H and O–H groups in total. The first-order chi connectivity index (χ1) is 29.9. The third kappa shape index (κ3) is 6.71. The number of hydrogen-bond acceptors (Lipinski definition) is 0. The molecule has 0 saturated heterocycles. The molecule has 0 aliphatic heterocycles. The van der Waals surface area contributed by atoms with E-state index in [0.717, 1.165) is 0 Å². The lowest BCUT2D eigenvalue weighted by Crippen LogP contribution is -2.83. The first-order valence-corrected chi connectivity index (χ1v) is 23.8. The van der Waals surface area contributed by atoms with Crippen LogP contribution in [0.4, 0.5) is 0 Å². The quantitative estimate of drug-likeness (QED) is 0.0781. The van der Waals surface area contributed by atoms with Gasteiger partial charge in [0.25, 0.3) is 0 Å². The van der Waals surface area contributed by atoms with Crippen molar-refractivity contribution in [2.24, 2.45) is 14.1 Å².